The first-order valence-corrected chi connectivity index (χ1v) is 7.43. The molecular formula is C18H20N2O. The first-order valence-electron chi connectivity index (χ1n) is 7.43. The Labute approximate surface area is 125 Å². The van der Waals surface area contributed by atoms with E-state index in [1.165, 1.54) is 11.1 Å². The van der Waals surface area contributed by atoms with E-state index in [4.69, 9.17) is 0 Å². The molecule has 0 spiro atoms. The lowest BCUT2D eigenvalue weighted by Crippen LogP contribution is -2.37. The molecule has 2 aromatic rings. The zero-order valence-electron chi connectivity index (χ0n) is 12.3. The van der Waals surface area contributed by atoms with Crippen molar-refractivity contribution in [2.75, 3.05) is 18.0 Å². The fourth-order valence-corrected chi connectivity index (χ4v) is 2.96. The molecule has 21 heavy (non-hydrogen) atoms. The van der Waals surface area contributed by atoms with Crippen molar-refractivity contribution >= 4 is 11.6 Å². The minimum atomic E-state index is 0.108. The van der Waals surface area contributed by atoms with E-state index >= 15 is 0 Å². The minimum absolute atomic E-state index is 0.108. The average molecular weight is 280 g/mol. The minimum Gasteiger partial charge on any atom is -0.312 e. The maximum atomic E-state index is 12.0. The number of amides is 1. The van der Waals surface area contributed by atoms with Crippen molar-refractivity contribution in [3.8, 4) is 0 Å². The van der Waals surface area contributed by atoms with Crippen LogP contribution in [0.2, 0.25) is 0 Å². The Morgan fingerprint density at radius 2 is 1.81 bits per heavy atom. The SMILES string of the molecule is CC(=O)N1CCCNC(c2ccccc2)c2ccccc21. The molecule has 0 aliphatic carbocycles. The molecule has 1 N–H and O–H groups in total. The maximum Gasteiger partial charge on any atom is 0.223 e. The Morgan fingerprint density at radius 1 is 1.10 bits per heavy atom. The van der Waals surface area contributed by atoms with Gasteiger partial charge in [0.1, 0.15) is 0 Å². The molecule has 0 fully saturated rings. The Hall–Kier alpha value is -2.13. The number of hydrogen-bond acceptors (Lipinski definition) is 2. The summed E-state index contributed by atoms with van der Waals surface area (Å²) in [6, 6.07) is 18.7. The fraction of sp³-hybridized carbons (Fsp3) is 0.278. The van der Waals surface area contributed by atoms with Crippen molar-refractivity contribution in [2.45, 2.75) is 19.4 Å². The smallest absolute Gasteiger partial charge is 0.223 e. The third kappa shape index (κ3) is 2.83. The topological polar surface area (TPSA) is 32.3 Å². The van der Waals surface area contributed by atoms with Gasteiger partial charge < -0.3 is 10.2 Å². The van der Waals surface area contributed by atoms with Gasteiger partial charge in [-0.05, 0) is 30.2 Å². The van der Waals surface area contributed by atoms with Crippen molar-refractivity contribution in [2.24, 2.45) is 0 Å². The van der Waals surface area contributed by atoms with Crippen LogP contribution in [0.25, 0.3) is 0 Å². The third-order valence-corrected chi connectivity index (χ3v) is 3.96. The predicted molar refractivity (Wildman–Crippen MR) is 85.4 cm³/mol. The molecule has 1 atom stereocenters. The van der Waals surface area contributed by atoms with Crippen LogP contribution in [-0.2, 0) is 4.79 Å². The maximum absolute atomic E-state index is 12.0. The van der Waals surface area contributed by atoms with E-state index < -0.39 is 0 Å². The van der Waals surface area contributed by atoms with Gasteiger partial charge in [-0.2, -0.15) is 0 Å². The third-order valence-electron chi connectivity index (χ3n) is 3.96. The summed E-state index contributed by atoms with van der Waals surface area (Å²) >= 11 is 0. The van der Waals surface area contributed by atoms with Crippen LogP contribution in [0.3, 0.4) is 0 Å². The number of para-hydroxylation sites is 1. The zero-order chi connectivity index (χ0) is 14.7. The molecule has 3 heteroatoms. The van der Waals surface area contributed by atoms with Crippen LogP contribution in [0.15, 0.2) is 54.6 Å². The van der Waals surface area contributed by atoms with Crippen LogP contribution in [-0.4, -0.2) is 19.0 Å². The molecule has 0 aromatic heterocycles. The van der Waals surface area contributed by atoms with Gasteiger partial charge in [-0.25, -0.2) is 0 Å². The van der Waals surface area contributed by atoms with Crippen LogP contribution in [0.4, 0.5) is 5.69 Å². The largest absolute Gasteiger partial charge is 0.312 e. The molecular weight excluding hydrogens is 260 g/mol. The summed E-state index contributed by atoms with van der Waals surface area (Å²) in [6.45, 7) is 3.31. The van der Waals surface area contributed by atoms with Gasteiger partial charge in [0.15, 0.2) is 0 Å². The van der Waals surface area contributed by atoms with Crippen molar-refractivity contribution in [1.82, 2.24) is 5.32 Å². The standard InChI is InChI=1S/C18H20N2O/c1-14(21)20-13-7-12-19-18(15-8-3-2-4-9-15)16-10-5-6-11-17(16)20/h2-6,8-11,18-19H,7,12-13H2,1H3. The van der Waals surface area contributed by atoms with Gasteiger partial charge in [0.2, 0.25) is 5.91 Å². The van der Waals surface area contributed by atoms with Gasteiger partial charge in [-0.3, -0.25) is 4.79 Å². The molecule has 1 amide bonds. The lowest BCUT2D eigenvalue weighted by molar-refractivity contribution is -0.116. The first kappa shape index (κ1) is 13.8. The van der Waals surface area contributed by atoms with E-state index in [0.717, 1.165) is 25.2 Å². The lowest BCUT2D eigenvalue weighted by atomic mass is 9.95. The summed E-state index contributed by atoms with van der Waals surface area (Å²) < 4.78 is 0. The number of benzene rings is 2. The Balaban J connectivity index is 2.10. The molecule has 1 heterocycles. The monoisotopic (exact) mass is 280 g/mol. The summed E-state index contributed by atoms with van der Waals surface area (Å²) in [5.74, 6) is 0.108. The summed E-state index contributed by atoms with van der Waals surface area (Å²) in [5, 5.41) is 3.62. The molecule has 1 aliphatic heterocycles. The quantitative estimate of drug-likeness (QED) is 0.870. The van der Waals surface area contributed by atoms with Crippen molar-refractivity contribution in [3.05, 3.63) is 65.7 Å². The summed E-state index contributed by atoms with van der Waals surface area (Å²) in [4.78, 5) is 13.9. The molecule has 0 radical (unpaired) electrons. The van der Waals surface area contributed by atoms with Crippen LogP contribution >= 0.6 is 0 Å². The molecule has 0 bridgehead atoms. The number of carbonyl (C=O) groups excluding carboxylic acids is 1. The molecule has 1 unspecified atom stereocenters. The number of rotatable bonds is 1. The van der Waals surface area contributed by atoms with Gasteiger partial charge >= 0.3 is 0 Å². The summed E-state index contributed by atoms with van der Waals surface area (Å²) in [5.41, 5.74) is 3.42. The van der Waals surface area contributed by atoms with Crippen molar-refractivity contribution in [1.29, 1.82) is 0 Å². The Bertz CT molecular complexity index is 624. The molecule has 3 nitrogen and oxygen atoms in total. The van der Waals surface area contributed by atoms with E-state index in [1.807, 2.05) is 29.2 Å². The van der Waals surface area contributed by atoms with Crippen molar-refractivity contribution < 1.29 is 4.79 Å². The van der Waals surface area contributed by atoms with E-state index in [9.17, 15) is 4.79 Å². The molecule has 3 rings (SSSR count). The van der Waals surface area contributed by atoms with Gasteiger partial charge in [0, 0.05) is 19.2 Å². The van der Waals surface area contributed by atoms with Gasteiger partial charge in [-0.1, -0.05) is 48.5 Å². The second-order valence-corrected chi connectivity index (χ2v) is 5.38. The second-order valence-electron chi connectivity index (χ2n) is 5.38. The number of nitrogens with zero attached hydrogens (tertiary/aromatic N) is 1. The highest BCUT2D eigenvalue weighted by molar-refractivity contribution is 5.92. The number of carbonyl (C=O) groups is 1. The van der Waals surface area contributed by atoms with E-state index in [0.29, 0.717) is 0 Å². The van der Waals surface area contributed by atoms with Crippen LogP contribution in [0.5, 0.6) is 0 Å². The predicted octanol–water partition coefficient (Wildman–Crippen LogP) is 3.12. The number of anilines is 1. The molecule has 0 saturated carbocycles. The zero-order valence-corrected chi connectivity index (χ0v) is 12.3. The highest BCUT2D eigenvalue weighted by Gasteiger charge is 2.23. The summed E-state index contributed by atoms with van der Waals surface area (Å²) in [7, 11) is 0. The van der Waals surface area contributed by atoms with E-state index in [-0.39, 0.29) is 11.9 Å². The highest BCUT2D eigenvalue weighted by Crippen LogP contribution is 2.32. The lowest BCUT2D eigenvalue weighted by Gasteiger charge is -2.31. The molecule has 1 aliphatic rings. The fourth-order valence-electron chi connectivity index (χ4n) is 2.96. The van der Waals surface area contributed by atoms with Crippen molar-refractivity contribution in [3.63, 3.8) is 0 Å². The molecule has 2 aromatic carbocycles. The van der Waals surface area contributed by atoms with Crippen LogP contribution in [0.1, 0.15) is 30.5 Å². The van der Waals surface area contributed by atoms with Gasteiger partial charge in [0.05, 0.1) is 6.04 Å². The van der Waals surface area contributed by atoms with Gasteiger partial charge in [0.25, 0.3) is 0 Å². The second kappa shape index (κ2) is 6.10. The van der Waals surface area contributed by atoms with E-state index in [2.05, 4.69) is 35.6 Å². The molecule has 108 valence electrons. The average Bonchev–Trinajstić information content (AvgIpc) is 2.49. The number of nitrogens with one attached hydrogen (secondary N) is 1. The number of hydrogen-bond donors (Lipinski definition) is 1. The highest BCUT2D eigenvalue weighted by atomic mass is 16.2. The Kier molecular flexibility index (Phi) is 4.02. The Morgan fingerprint density at radius 3 is 2.57 bits per heavy atom. The van der Waals surface area contributed by atoms with Crippen LogP contribution < -0.4 is 10.2 Å². The first-order chi connectivity index (χ1) is 10.3. The molecule has 0 saturated heterocycles. The number of fused-ring (bicyclic) bond motifs is 1. The van der Waals surface area contributed by atoms with Gasteiger partial charge in [-0.15, -0.1) is 0 Å². The van der Waals surface area contributed by atoms with E-state index in [1.54, 1.807) is 6.92 Å². The van der Waals surface area contributed by atoms with Crippen LogP contribution in [0, 0.1) is 0 Å². The summed E-state index contributed by atoms with van der Waals surface area (Å²) in [6.07, 6.45) is 0.956. The normalized spacial score (nSPS) is 18.5.